The Bertz CT molecular complexity index is 656. The first-order chi connectivity index (χ1) is 11.7. The topological polar surface area (TPSA) is 58.1 Å². The number of likely N-dealkylation sites (tertiary alicyclic amines) is 1. The Hall–Kier alpha value is -2.34. The second-order valence-corrected chi connectivity index (χ2v) is 5.88. The van der Waals surface area contributed by atoms with E-state index in [1.165, 1.54) is 12.1 Å². The molecule has 3 rings (SSSR count). The van der Waals surface area contributed by atoms with Crippen LogP contribution in [-0.2, 0) is 4.79 Å². The average Bonchev–Trinajstić information content (AvgIpc) is 3.15. The minimum atomic E-state index is -0.282. The molecule has 1 aromatic carbocycles. The van der Waals surface area contributed by atoms with Crippen LogP contribution in [0.15, 0.2) is 42.7 Å². The predicted molar refractivity (Wildman–Crippen MR) is 88.7 cm³/mol. The van der Waals surface area contributed by atoms with Crippen LogP contribution in [-0.4, -0.2) is 40.4 Å². The zero-order chi connectivity index (χ0) is 16.8. The number of benzene rings is 1. The molecule has 0 bridgehead atoms. The first-order valence-corrected chi connectivity index (χ1v) is 8.27. The standard InChI is InChI=1S/C18H21FN4O/c19-15-6-4-14(5-7-15)17(18-21-9-3-10-22-18)20-11-8-16(24)23-12-1-2-13-23/h3-7,9-10,17,20H,1-2,8,11-13H2. The SMILES string of the molecule is O=C(CCNC(c1ccc(F)cc1)c1ncccn1)N1CCCC1. The summed E-state index contributed by atoms with van der Waals surface area (Å²) >= 11 is 0. The minimum absolute atomic E-state index is 0.173. The molecular weight excluding hydrogens is 307 g/mol. The van der Waals surface area contributed by atoms with Gasteiger partial charge >= 0.3 is 0 Å². The summed E-state index contributed by atoms with van der Waals surface area (Å²) < 4.78 is 13.2. The van der Waals surface area contributed by atoms with Crippen LogP contribution in [0.4, 0.5) is 4.39 Å². The van der Waals surface area contributed by atoms with E-state index in [1.54, 1.807) is 30.6 Å². The van der Waals surface area contributed by atoms with Crippen LogP contribution in [0.2, 0.25) is 0 Å². The van der Waals surface area contributed by atoms with Gasteiger partial charge in [-0.3, -0.25) is 4.79 Å². The van der Waals surface area contributed by atoms with E-state index >= 15 is 0 Å². The van der Waals surface area contributed by atoms with Crippen LogP contribution in [0.25, 0.3) is 0 Å². The molecule has 5 nitrogen and oxygen atoms in total. The molecule has 1 aromatic heterocycles. The Morgan fingerprint density at radius 2 is 1.83 bits per heavy atom. The summed E-state index contributed by atoms with van der Waals surface area (Å²) in [6, 6.07) is 7.75. The molecule has 0 spiro atoms. The first kappa shape index (κ1) is 16.5. The molecule has 0 radical (unpaired) electrons. The molecule has 1 atom stereocenters. The van der Waals surface area contributed by atoms with Crippen molar-refractivity contribution >= 4 is 5.91 Å². The van der Waals surface area contributed by atoms with Gasteiger partial charge in [-0.1, -0.05) is 12.1 Å². The maximum atomic E-state index is 13.2. The fourth-order valence-corrected chi connectivity index (χ4v) is 2.92. The summed E-state index contributed by atoms with van der Waals surface area (Å²) in [5, 5.41) is 3.33. The highest BCUT2D eigenvalue weighted by molar-refractivity contribution is 5.76. The summed E-state index contributed by atoms with van der Waals surface area (Å²) in [4.78, 5) is 22.6. The van der Waals surface area contributed by atoms with E-state index in [4.69, 9.17) is 0 Å². The average molecular weight is 328 g/mol. The molecule has 1 saturated heterocycles. The smallest absolute Gasteiger partial charge is 0.223 e. The van der Waals surface area contributed by atoms with Gasteiger partial charge in [-0.15, -0.1) is 0 Å². The number of aromatic nitrogens is 2. The van der Waals surface area contributed by atoms with Gasteiger partial charge in [0.05, 0.1) is 6.04 Å². The van der Waals surface area contributed by atoms with Gasteiger partial charge in [-0.25, -0.2) is 14.4 Å². The van der Waals surface area contributed by atoms with Gasteiger partial charge in [0.1, 0.15) is 11.6 Å². The van der Waals surface area contributed by atoms with Gasteiger partial charge in [0, 0.05) is 38.4 Å². The number of nitrogens with one attached hydrogen (secondary N) is 1. The van der Waals surface area contributed by atoms with Crippen LogP contribution in [0.1, 0.15) is 36.7 Å². The van der Waals surface area contributed by atoms with Crippen molar-refractivity contribution in [3.8, 4) is 0 Å². The zero-order valence-corrected chi connectivity index (χ0v) is 13.5. The number of halogens is 1. The lowest BCUT2D eigenvalue weighted by Crippen LogP contribution is -2.32. The van der Waals surface area contributed by atoms with Crippen molar-refractivity contribution in [2.45, 2.75) is 25.3 Å². The quantitative estimate of drug-likeness (QED) is 0.884. The van der Waals surface area contributed by atoms with E-state index in [0.29, 0.717) is 18.8 Å². The molecule has 0 aliphatic carbocycles. The van der Waals surface area contributed by atoms with E-state index in [2.05, 4.69) is 15.3 Å². The minimum Gasteiger partial charge on any atom is -0.343 e. The molecule has 0 saturated carbocycles. The van der Waals surface area contributed by atoms with E-state index in [9.17, 15) is 9.18 Å². The number of carbonyl (C=O) groups is 1. The highest BCUT2D eigenvalue weighted by Crippen LogP contribution is 2.19. The lowest BCUT2D eigenvalue weighted by Gasteiger charge is -2.19. The normalized spacial score (nSPS) is 15.5. The summed E-state index contributed by atoms with van der Waals surface area (Å²) in [5.74, 6) is 0.500. The third kappa shape index (κ3) is 4.14. The maximum Gasteiger partial charge on any atom is 0.223 e. The monoisotopic (exact) mass is 328 g/mol. The highest BCUT2D eigenvalue weighted by Gasteiger charge is 2.20. The van der Waals surface area contributed by atoms with Crippen LogP contribution in [0.3, 0.4) is 0 Å². The summed E-state index contributed by atoms with van der Waals surface area (Å²) in [5.41, 5.74) is 0.872. The van der Waals surface area contributed by atoms with Crippen molar-refractivity contribution in [3.05, 3.63) is 59.9 Å². The molecule has 126 valence electrons. The second-order valence-electron chi connectivity index (χ2n) is 5.88. The predicted octanol–water partition coefficient (Wildman–Crippen LogP) is 2.31. The Balaban J connectivity index is 1.66. The van der Waals surface area contributed by atoms with Gasteiger partial charge in [-0.2, -0.15) is 0 Å². The molecule has 2 heterocycles. The molecular formula is C18H21FN4O. The van der Waals surface area contributed by atoms with Crippen LogP contribution < -0.4 is 5.32 Å². The zero-order valence-electron chi connectivity index (χ0n) is 13.5. The van der Waals surface area contributed by atoms with Crippen LogP contribution in [0.5, 0.6) is 0 Å². The number of hydrogen-bond donors (Lipinski definition) is 1. The van der Waals surface area contributed by atoms with E-state index < -0.39 is 0 Å². The highest BCUT2D eigenvalue weighted by atomic mass is 19.1. The van der Waals surface area contributed by atoms with Gasteiger partial charge in [0.25, 0.3) is 0 Å². The molecule has 1 aliphatic rings. The van der Waals surface area contributed by atoms with Gasteiger partial charge in [0.15, 0.2) is 0 Å². The number of rotatable bonds is 6. The second kappa shape index (κ2) is 7.97. The summed E-state index contributed by atoms with van der Waals surface area (Å²) in [6.07, 6.45) is 5.97. The van der Waals surface area contributed by atoms with E-state index in [1.807, 2.05) is 4.90 Å². The lowest BCUT2D eigenvalue weighted by molar-refractivity contribution is -0.130. The van der Waals surface area contributed by atoms with Gasteiger partial charge < -0.3 is 10.2 Å². The van der Waals surface area contributed by atoms with Gasteiger partial charge in [0.2, 0.25) is 5.91 Å². The Labute approximate surface area is 140 Å². The molecule has 1 amide bonds. The number of amides is 1. The Morgan fingerprint density at radius 1 is 1.17 bits per heavy atom. The van der Waals surface area contributed by atoms with Crippen molar-refractivity contribution < 1.29 is 9.18 Å². The third-order valence-electron chi connectivity index (χ3n) is 4.19. The van der Waals surface area contributed by atoms with E-state index in [0.717, 1.165) is 31.5 Å². The molecule has 24 heavy (non-hydrogen) atoms. The number of hydrogen-bond acceptors (Lipinski definition) is 4. The summed E-state index contributed by atoms with van der Waals surface area (Å²) in [7, 11) is 0. The molecule has 1 fully saturated rings. The summed E-state index contributed by atoms with van der Waals surface area (Å²) in [6.45, 7) is 2.25. The number of nitrogens with zero attached hydrogens (tertiary/aromatic N) is 3. The van der Waals surface area contributed by atoms with Crippen molar-refractivity contribution in [2.24, 2.45) is 0 Å². The molecule has 1 N–H and O–H groups in total. The molecule has 2 aromatic rings. The van der Waals surface area contributed by atoms with Crippen molar-refractivity contribution in [1.29, 1.82) is 0 Å². The Kier molecular flexibility index (Phi) is 5.48. The molecule has 6 heteroatoms. The largest absolute Gasteiger partial charge is 0.343 e. The Morgan fingerprint density at radius 3 is 2.50 bits per heavy atom. The molecule has 1 aliphatic heterocycles. The van der Waals surface area contributed by atoms with Crippen molar-refractivity contribution in [3.63, 3.8) is 0 Å². The fraction of sp³-hybridized carbons (Fsp3) is 0.389. The number of carbonyl (C=O) groups excluding carboxylic acids is 1. The van der Waals surface area contributed by atoms with Crippen molar-refractivity contribution in [2.75, 3.05) is 19.6 Å². The third-order valence-corrected chi connectivity index (χ3v) is 4.19. The van der Waals surface area contributed by atoms with Gasteiger partial charge in [-0.05, 0) is 36.6 Å². The van der Waals surface area contributed by atoms with Crippen molar-refractivity contribution in [1.82, 2.24) is 20.2 Å². The lowest BCUT2D eigenvalue weighted by atomic mass is 10.1. The fourth-order valence-electron chi connectivity index (χ4n) is 2.92. The molecule has 1 unspecified atom stereocenters. The first-order valence-electron chi connectivity index (χ1n) is 8.27. The van der Waals surface area contributed by atoms with E-state index in [-0.39, 0.29) is 17.8 Å². The maximum absolute atomic E-state index is 13.2. The van der Waals surface area contributed by atoms with Crippen LogP contribution >= 0.6 is 0 Å². The van der Waals surface area contributed by atoms with Crippen LogP contribution in [0, 0.1) is 5.82 Å².